The van der Waals surface area contributed by atoms with E-state index < -0.39 is 0 Å². The Morgan fingerprint density at radius 3 is 2.33 bits per heavy atom. The number of hydrogen-bond donors (Lipinski definition) is 1. The van der Waals surface area contributed by atoms with Gasteiger partial charge in [0.1, 0.15) is 1.41 Å². The molecule has 0 aromatic heterocycles. The number of nitrogens with one attached hydrogen (secondary N) is 1. The second kappa shape index (κ2) is 3.12. The Morgan fingerprint density at radius 2 is 2.33 bits per heavy atom. The Balaban J connectivity index is 2.95. The predicted molar refractivity (Wildman–Crippen MR) is 27.6 cm³/mol. The van der Waals surface area contributed by atoms with E-state index in [1.54, 1.807) is 7.05 Å². The molecular weight excluding hydrogens is 76.1 g/mol. The Labute approximate surface area is 40.6 Å². The van der Waals surface area contributed by atoms with Crippen molar-refractivity contribution in [3.63, 3.8) is 0 Å². The molecule has 0 heterocycles. The van der Waals surface area contributed by atoms with Gasteiger partial charge in [0.2, 0.25) is 0 Å². The van der Waals surface area contributed by atoms with E-state index in [2.05, 4.69) is 0 Å². The fourth-order valence-corrected chi connectivity index (χ4v) is 0.283. The number of nitrogens with zero attached hydrogens (tertiary/aromatic N) is 1. The van der Waals surface area contributed by atoms with Gasteiger partial charge in [0.15, 0.2) is 0 Å². The van der Waals surface area contributed by atoms with Gasteiger partial charge in [-0.05, 0) is 21.1 Å². The molecule has 0 atom stereocenters. The summed E-state index contributed by atoms with van der Waals surface area (Å²) in [5, 5.41) is 1.38. The minimum absolute atomic E-state index is 0.694. The average Bonchev–Trinajstić information content (AvgIpc) is 1.27. The lowest BCUT2D eigenvalue weighted by atomic mass is 10.9. The molecule has 0 saturated carbocycles. The summed E-state index contributed by atoms with van der Waals surface area (Å²) in [6, 6.07) is 0. The molecule has 6 heavy (non-hydrogen) atoms. The molecule has 0 rings (SSSR count). The zero-order valence-corrected chi connectivity index (χ0v) is 4.60. The molecule has 38 valence electrons. The molecule has 0 aliphatic carbocycles. The van der Waals surface area contributed by atoms with Gasteiger partial charge in [-0.3, -0.25) is 4.90 Å². The second-order valence-electron chi connectivity index (χ2n) is 1.54. The summed E-state index contributed by atoms with van der Waals surface area (Å²) in [6.45, 7) is 0.694. The van der Waals surface area contributed by atoms with Crippen LogP contribution in [0.5, 0.6) is 0 Å². The molecule has 0 aromatic carbocycles. The van der Waals surface area contributed by atoms with Crippen LogP contribution < -0.4 is 5.31 Å². The lowest BCUT2D eigenvalue weighted by molar-refractivity contribution is 0.385. The van der Waals surface area contributed by atoms with Crippen molar-refractivity contribution in [3.8, 4) is 0 Å². The molecule has 0 unspecified atom stereocenters. The molecule has 2 heteroatoms. The molecule has 0 aliphatic heterocycles. The summed E-state index contributed by atoms with van der Waals surface area (Å²) in [5.41, 5.74) is 0. The lowest BCUT2D eigenvalue weighted by Gasteiger charge is -2.05. The molecule has 0 saturated heterocycles. The van der Waals surface area contributed by atoms with Crippen LogP contribution in [-0.2, 0) is 0 Å². The smallest absolute Gasteiger partial charge is 0.123 e. The first-order valence-electron chi connectivity index (χ1n) is 2.42. The van der Waals surface area contributed by atoms with Crippen LogP contribution in [0.15, 0.2) is 0 Å². The Kier molecular flexibility index (Phi) is 2.13. The lowest BCUT2D eigenvalue weighted by Crippen LogP contribution is -2.24. The van der Waals surface area contributed by atoms with Gasteiger partial charge in [-0.2, -0.15) is 0 Å². The minimum Gasteiger partial charge on any atom is -0.307 e. The molecule has 1 N–H and O–H groups in total. The predicted octanol–water partition coefficient (Wildman–Crippen LogP) is -0.275. The molecule has 0 aliphatic rings. The maximum atomic E-state index is 6.90. The number of hydrogen-bond acceptors (Lipinski definition) is 2. The monoisotopic (exact) mass is 89.1 g/mol. The first kappa shape index (κ1) is 4.09. The van der Waals surface area contributed by atoms with Crippen LogP contribution in [0.2, 0.25) is 1.41 Å². The van der Waals surface area contributed by atoms with E-state index in [0.717, 1.165) is 0 Å². The molecule has 0 bridgehead atoms. The largest absolute Gasteiger partial charge is 0.307 e. The Bertz CT molecular complexity index is 39.0. The van der Waals surface area contributed by atoms with Gasteiger partial charge >= 0.3 is 0 Å². The summed E-state index contributed by atoms with van der Waals surface area (Å²) in [7, 11) is 5.59. The SMILES string of the molecule is [2H]N(C)CN(C)C. The zero-order chi connectivity index (χ0) is 5.86. The molecular formula is C4H12N2. The third-order valence-corrected chi connectivity index (χ3v) is 0.424. The van der Waals surface area contributed by atoms with Crippen LogP contribution in [0.3, 0.4) is 0 Å². The highest BCUT2D eigenvalue weighted by molar-refractivity contribution is 4.30. The third kappa shape index (κ3) is 3.92. The van der Waals surface area contributed by atoms with E-state index in [0.29, 0.717) is 6.67 Å². The summed E-state index contributed by atoms with van der Waals surface area (Å²) in [6.07, 6.45) is 0. The van der Waals surface area contributed by atoms with Crippen molar-refractivity contribution in [1.82, 2.24) is 10.2 Å². The van der Waals surface area contributed by atoms with Gasteiger partial charge < -0.3 is 5.31 Å². The first-order valence-corrected chi connectivity index (χ1v) is 1.97. The fraction of sp³-hybridized carbons (Fsp3) is 1.00. The fourth-order valence-electron chi connectivity index (χ4n) is 0.283. The molecule has 0 spiro atoms. The second-order valence-corrected chi connectivity index (χ2v) is 1.54. The summed E-state index contributed by atoms with van der Waals surface area (Å²) >= 11 is 0. The highest BCUT2D eigenvalue weighted by Crippen LogP contribution is 1.60. The first-order chi connectivity index (χ1) is 3.13. The van der Waals surface area contributed by atoms with Crippen LogP contribution in [-0.4, -0.2) is 32.7 Å². The summed E-state index contributed by atoms with van der Waals surface area (Å²) in [4.78, 5) is 1.94. The van der Waals surface area contributed by atoms with Crippen molar-refractivity contribution in [2.45, 2.75) is 0 Å². The molecule has 0 amide bonds. The van der Waals surface area contributed by atoms with Crippen molar-refractivity contribution in [2.24, 2.45) is 0 Å². The van der Waals surface area contributed by atoms with Crippen molar-refractivity contribution in [2.75, 3.05) is 27.8 Å². The van der Waals surface area contributed by atoms with E-state index in [9.17, 15) is 0 Å². The van der Waals surface area contributed by atoms with Gasteiger partial charge in [0.25, 0.3) is 0 Å². The summed E-state index contributed by atoms with van der Waals surface area (Å²) in [5.74, 6) is 0. The highest BCUT2D eigenvalue weighted by atomic mass is 15.2. The normalized spacial score (nSPS) is 13.2. The minimum atomic E-state index is 0.694. The van der Waals surface area contributed by atoms with Crippen LogP contribution >= 0.6 is 0 Å². The van der Waals surface area contributed by atoms with E-state index in [1.807, 2.05) is 19.0 Å². The van der Waals surface area contributed by atoms with Crippen molar-refractivity contribution in [1.29, 1.82) is 0 Å². The average molecular weight is 89.2 g/mol. The van der Waals surface area contributed by atoms with E-state index in [-0.39, 0.29) is 0 Å². The van der Waals surface area contributed by atoms with E-state index in [4.69, 9.17) is 1.41 Å². The van der Waals surface area contributed by atoms with Crippen molar-refractivity contribution < 1.29 is 1.41 Å². The van der Waals surface area contributed by atoms with Gasteiger partial charge in [0, 0.05) is 6.67 Å². The van der Waals surface area contributed by atoms with E-state index >= 15 is 0 Å². The van der Waals surface area contributed by atoms with Gasteiger partial charge in [-0.25, -0.2) is 0 Å². The third-order valence-electron chi connectivity index (χ3n) is 0.424. The van der Waals surface area contributed by atoms with Gasteiger partial charge in [-0.15, -0.1) is 0 Å². The van der Waals surface area contributed by atoms with E-state index in [1.165, 1.54) is 5.31 Å². The maximum Gasteiger partial charge on any atom is 0.123 e. The van der Waals surface area contributed by atoms with Crippen LogP contribution in [0.25, 0.3) is 0 Å². The molecule has 0 fully saturated rings. The quantitative estimate of drug-likeness (QED) is 0.468. The topological polar surface area (TPSA) is 15.3 Å². The van der Waals surface area contributed by atoms with Crippen molar-refractivity contribution in [3.05, 3.63) is 0 Å². The van der Waals surface area contributed by atoms with Crippen molar-refractivity contribution >= 4 is 0 Å². The molecule has 0 aromatic rings. The van der Waals surface area contributed by atoms with Gasteiger partial charge in [0.05, 0.1) is 0 Å². The maximum absolute atomic E-state index is 6.90. The van der Waals surface area contributed by atoms with Crippen LogP contribution in [0.4, 0.5) is 0 Å². The molecule has 0 radical (unpaired) electrons. The molecule has 2 nitrogen and oxygen atoms in total. The summed E-state index contributed by atoms with van der Waals surface area (Å²) < 4.78 is 6.90. The van der Waals surface area contributed by atoms with Gasteiger partial charge in [-0.1, -0.05) is 0 Å². The van der Waals surface area contributed by atoms with Crippen LogP contribution in [0, 0.1) is 0 Å². The number of rotatable bonds is 2. The standard InChI is InChI=1S/C4H12N2/c1-5-4-6(2)3/h5H,4H2,1-3H3/i/hD. The zero-order valence-electron chi connectivity index (χ0n) is 5.60. The van der Waals surface area contributed by atoms with Crippen LogP contribution in [0.1, 0.15) is 0 Å². The highest BCUT2D eigenvalue weighted by Gasteiger charge is 1.77. The Hall–Kier alpha value is -0.0800. The Morgan fingerprint density at radius 1 is 1.83 bits per heavy atom.